The molecule has 0 aliphatic carbocycles. The van der Waals surface area contributed by atoms with Crippen LogP contribution in [0.15, 0.2) is 40.9 Å². The Kier molecular flexibility index (Phi) is 4.46. The fourth-order valence-electron chi connectivity index (χ4n) is 2.50. The van der Waals surface area contributed by atoms with Gasteiger partial charge in [-0.05, 0) is 38.5 Å². The fraction of sp³-hybridized carbons (Fsp3) is 0.188. The lowest BCUT2D eigenvalue weighted by molar-refractivity contribution is 0.171. The van der Waals surface area contributed by atoms with E-state index in [1.165, 1.54) is 0 Å². The number of tetrazole rings is 1. The first kappa shape index (κ1) is 16.2. The highest BCUT2D eigenvalue weighted by Crippen LogP contribution is 2.38. The third-order valence-electron chi connectivity index (χ3n) is 3.68. The standard InChI is InChI=1S/C16H13BrClN5O2/c17-10-3-1-2-4-13(10)23-16(20-21-22-23)9-19-12-8-15-14(7-11(12)18)24-5-6-25-15/h1-4,7-8,19H,5-6,9H2. The molecule has 1 N–H and O–H groups in total. The second kappa shape index (κ2) is 6.89. The molecule has 0 radical (unpaired) electrons. The number of fused-ring (bicyclic) bond motifs is 1. The van der Waals surface area contributed by atoms with Crippen LogP contribution in [0.5, 0.6) is 11.5 Å². The molecule has 3 aromatic rings. The number of para-hydroxylation sites is 1. The number of hydrogen-bond donors (Lipinski definition) is 1. The van der Waals surface area contributed by atoms with E-state index in [0.29, 0.717) is 42.1 Å². The van der Waals surface area contributed by atoms with Gasteiger partial charge in [0.15, 0.2) is 17.3 Å². The molecule has 0 unspecified atom stereocenters. The van der Waals surface area contributed by atoms with Gasteiger partial charge in [-0.3, -0.25) is 0 Å². The van der Waals surface area contributed by atoms with Gasteiger partial charge < -0.3 is 14.8 Å². The smallest absolute Gasteiger partial charge is 0.175 e. The van der Waals surface area contributed by atoms with Crippen LogP contribution in [0.2, 0.25) is 5.02 Å². The largest absolute Gasteiger partial charge is 0.486 e. The third kappa shape index (κ3) is 3.27. The first-order valence-electron chi connectivity index (χ1n) is 7.57. The summed E-state index contributed by atoms with van der Waals surface area (Å²) in [4.78, 5) is 0. The maximum Gasteiger partial charge on any atom is 0.175 e. The molecule has 0 saturated carbocycles. The molecule has 25 heavy (non-hydrogen) atoms. The Morgan fingerprint density at radius 3 is 2.72 bits per heavy atom. The Morgan fingerprint density at radius 2 is 1.92 bits per heavy atom. The van der Waals surface area contributed by atoms with Gasteiger partial charge in [-0.15, -0.1) is 5.10 Å². The number of nitrogens with zero attached hydrogens (tertiary/aromatic N) is 4. The molecule has 1 aromatic heterocycles. The Bertz CT molecular complexity index is 917. The molecule has 0 fully saturated rings. The normalized spacial score (nSPS) is 12.9. The van der Waals surface area contributed by atoms with Crippen LogP contribution in [0.1, 0.15) is 5.82 Å². The maximum absolute atomic E-state index is 6.32. The van der Waals surface area contributed by atoms with Crippen molar-refractivity contribution in [1.29, 1.82) is 0 Å². The van der Waals surface area contributed by atoms with Gasteiger partial charge in [0.1, 0.15) is 13.2 Å². The van der Waals surface area contributed by atoms with Crippen LogP contribution in [-0.4, -0.2) is 33.4 Å². The SMILES string of the molecule is Clc1cc2c(cc1NCc1nnnn1-c1ccccc1Br)OCCO2. The molecular formula is C16H13BrClN5O2. The third-order valence-corrected chi connectivity index (χ3v) is 4.67. The van der Waals surface area contributed by atoms with E-state index < -0.39 is 0 Å². The van der Waals surface area contributed by atoms with E-state index in [-0.39, 0.29) is 0 Å². The number of aromatic nitrogens is 4. The summed E-state index contributed by atoms with van der Waals surface area (Å²) in [7, 11) is 0. The van der Waals surface area contributed by atoms with Crippen molar-refractivity contribution in [3.8, 4) is 17.2 Å². The van der Waals surface area contributed by atoms with Crippen molar-refractivity contribution in [2.24, 2.45) is 0 Å². The van der Waals surface area contributed by atoms with Crippen molar-refractivity contribution in [2.75, 3.05) is 18.5 Å². The summed E-state index contributed by atoms with van der Waals surface area (Å²) >= 11 is 9.83. The van der Waals surface area contributed by atoms with Gasteiger partial charge >= 0.3 is 0 Å². The molecule has 128 valence electrons. The summed E-state index contributed by atoms with van der Waals surface area (Å²) in [5.74, 6) is 1.97. The zero-order chi connectivity index (χ0) is 17.2. The highest BCUT2D eigenvalue weighted by Gasteiger charge is 2.16. The van der Waals surface area contributed by atoms with E-state index in [4.69, 9.17) is 21.1 Å². The summed E-state index contributed by atoms with van der Waals surface area (Å²) in [6, 6.07) is 11.3. The van der Waals surface area contributed by atoms with Gasteiger partial charge in [0.2, 0.25) is 0 Å². The molecule has 0 spiro atoms. The van der Waals surface area contributed by atoms with E-state index in [2.05, 4.69) is 36.8 Å². The minimum Gasteiger partial charge on any atom is -0.486 e. The molecule has 4 rings (SSSR count). The number of halogens is 2. The molecule has 1 aliphatic heterocycles. The lowest BCUT2D eigenvalue weighted by atomic mass is 10.2. The lowest BCUT2D eigenvalue weighted by Gasteiger charge is -2.20. The van der Waals surface area contributed by atoms with E-state index in [1.807, 2.05) is 30.3 Å². The van der Waals surface area contributed by atoms with Crippen LogP contribution in [0.3, 0.4) is 0 Å². The Morgan fingerprint density at radius 1 is 1.16 bits per heavy atom. The highest BCUT2D eigenvalue weighted by molar-refractivity contribution is 9.10. The number of anilines is 1. The van der Waals surface area contributed by atoms with Crippen LogP contribution >= 0.6 is 27.5 Å². The average molecular weight is 423 g/mol. The number of ether oxygens (including phenoxy) is 2. The minimum absolute atomic E-state index is 0.397. The van der Waals surface area contributed by atoms with Gasteiger partial charge in [0.05, 0.1) is 22.9 Å². The molecule has 0 atom stereocenters. The molecule has 7 nitrogen and oxygen atoms in total. The van der Waals surface area contributed by atoms with Crippen molar-refractivity contribution in [3.63, 3.8) is 0 Å². The molecule has 2 heterocycles. The Hall–Kier alpha value is -2.32. The average Bonchev–Trinajstić information content (AvgIpc) is 3.08. The second-order valence-corrected chi connectivity index (χ2v) is 6.55. The zero-order valence-corrected chi connectivity index (χ0v) is 15.3. The Labute approximate surface area is 157 Å². The topological polar surface area (TPSA) is 74.1 Å². The monoisotopic (exact) mass is 421 g/mol. The molecule has 9 heteroatoms. The van der Waals surface area contributed by atoms with Crippen LogP contribution in [0.25, 0.3) is 5.69 Å². The molecule has 0 amide bonds. The highest BCUT2D eigenvalue weighted by atomic mass is 79.9. The van der Waals surface area contributed by atoms with Gasteiger partial charge in [-0.25, -0.2) is 0 Å². The van der Waals surface area contributed by atoms with E-state index in [1.54, 1.807) is 10.7 Å². The number of benzene rings is 2. The summed E-state index contributed by atoms with van der Waals surface area (Å²) in [5, 5.41) is 15.7. The Balaban J connectivity index is 1.57. The molecular weight excluding hydrogens is 410 g/mol. The van der Waals surface area contributed by atoms with Gasteiger partial charge in [-0.1, -0.05) is 23.7 Å². The summed E-state index contributed by atoms with van der Waals surface area (Å²) in [5.41, 5.74) is 1.59. The lowest BCUT2D eigenvalue weighted by Crippen LogP contribution is -2.16. The summed E-state index contributed by atoms with van der Waals surface area (Å²) < 4.78 is 13.7. The molecule has 0 bridgehead atoms. The van der Waals surface area contributed by atoms with Crippen molar-refractivity contribution < 1.29 is 9.47 Å². The number of nitrogens with one attached hydrogen (secondary N) is 1. The van der Waals surface area contributed by atoms with Crippen LogP contribution < -0.4 is 14.8 Å². The zero-order valence-electron chi connectivity index (χ0n) is 12.9. The predicted octanol–water partition coefficient (Wildman–Crippen LogP) is 3.46. The first-order chi connectivity index (χ1) is 12.2. The van der Waals surface area contributed by atoms with Gasteiger partial charge in [0.25, 0.3) is 0 Å². The van der Waals surface area contributed by atoms with Crippen LogP contribution in [-0.2, 0) is 6.54 Å². The molecule has 2 aromatic carbocycles. The van der Waals surface area contributed by atoms with Crippen LogP contribution in [0, 0.1) is 0 Å². The van der Waals surface area contributed by atoms with Gasteiger partial charge in [-0.2, -0.15) is 4.68 Å². The van der Waals surface area contributed by atoms with Crippen LogP contribution in [0.4, 0.5) is 5.69 Å². The predicted molar refractivity (Wildman–Crippen MR) is 96.6 cm³/mol. The summed E-state index contributed by atoms with van der Waals surface area (Å²) in [6.07, 6.45) is 0. The van der Waals surface area contributed by atoms with E-state index in [9.17, 15) is 0 Å². The van der Waals surface area contributed by atoms with Crippen molar-refractivity contribution in [3.05, 3.63) is 51.7 Å². The number of rotatable bonds is 4. The quantitative estimate of drug-likeness (QED) is 0.694. The minimum atomic E-state index is 0.397. The second-order valence-electron chi connectivity index (χ2n) is 5.29. The van der Waals surface area contributed by atoms with E-state index >= 15 is 0 Å². The number of hydrogen-bond acceptors (Lipinski definition) is 6. The van der Waals surface area contributed by atoms with E-state index in [0.717, 1.165) is 15.8 Å². The first-order valence-corrected chi connectivity index (χ1v) is 8.74. The summed E-state index contributed by atoms with van der Waals surface area (Å²) in [6.45, 7) is 1.44. The van der Waals surface area contributed by atoms with Gasteiger partial charge in [0, 0.05) is 16.6 Å². The van der Waals surface area contributed by atoms with Crippen molar-refractivity contribution in [1.82, 2.24) is 20.2 Å². The molecule has 1 aliphatic rings. The van der Waals surface area contributed by atoms with Crippen molar-refractivity contribution >= 4 is 33.2 Å². The fourth-order valence-corrected chi connectivity index (χ4v) is 3.17. The van der Waals surface area contributed by atoms with Crippen molar-refractivity contribution in [2.45, 2.75) is 6.54 Å². The molecule has 0 saturated heterocycles. The maximum atomic E-state index is 6.32.